The number of carbonyl (C=O) groups is 3. The maximum Gasteiger partial charge on any atom is 0.338 e. The van der Waals surface area contributed by atoms with Crippen LogP contribution >= 0.6 is 11.6 Å². The molecular weight excluding hydrogens is 480 g/mol. The lowest BCUT2D eigenvalue weighted by Gasteiger charge is -2.44. The summed E-state index contributed by atoms with van der Waals surface area (Å²) in [6.45, 7) is 10.4. The molecule has 194 valence electrons. The molecule has 36 heavy (non-hydrogen) atoms. The fourth-order valence-corrected chi connectivity index (χ4v) is 5.39. The highest BCUT2D eigenvalue weighted by molar-refractivity contribution is 6.30. The van der Waals surface area contributed by atoms with Crippen LogP contribution in [0, 0.1) is 5.92 Å². The molecule has 2 fully saturated rings. The van der Waals surface area contributed by atoms with Gasteiger partial charge in [0, 0.05) is 55.4 Å². The van der Waals surface area contributed by atoms with E-state index in [-0.39, 0.29) is 37.0 Å². The maximum atomic E-state index is 13.3. The van der Waals surface area contributed by atoms with Crippen LogP contribution < -0.4 is 5.32 Å². The number of hydrogen-bond acceptors (Lipinski definition) is 5. The summed E-state index contributed by atoms with van der Waals surface area (Å²) >= 11 is 6.24. The van der Waals surface area contributed by atoms with Crippen molar-refractivity contribution >= 4 is 29.5 Å². The molecule has 4 rings (SSSR count). The Morgan fingerprint density at radius 1 is 1.28 bits per heavy atom. The fourth-order valence-electron chi connectivity index (χ4n) is 5.19. The van der Waals surface area contributed by atoms with Gasteiger partial charge in [-0.15, -0.1) is 6.58 Å². The molecule has 8 nitrogen and oxygen atoms in total. The number of rotatable bonds is 8. The van der Waals surface area contributed by atoms with Crippen LogP contribution in [0.25, 0.3) is 0 Å². The van der Waals surface area contributed by atoms with Gasteiger partial charge in [0.2, 0.25) is 5.91 Å². The Kier molecular flexibility index (Phi) is 8.36. The predicted octanol–water partition coefficient (Wildman–Crippen LogP) is 3.74. The van der Waals surface area contributed by atoms with Crippen molar-refractivity contribution in [2.75, 3.05) is 39.3 Å². The summed E-state index contributed by atoms with van der Waals surface area (Å²) in [6, 6.07) is 6.18. The van der Waals surface area contributed by atoms with E-state index in [1.54, 1.807) is 36.1 Å². The average molecular weight is 515 g/mol. The van der Waals surface area contributed by atoms with Gasteiger partial charge in [-0.1, -0.05) is 36.2 Å². The molecule has 2 heterocycles. The lowest BCUT2D eigenvalue weighted by molar-refractivity contribution is -0.142. The summed E-state index contributed by atoms with van der Waals surface area (Å²) in [4.78, 5) is 45.1. The molecule has 1 N–H and O–H groups in total. The number of nitrogens with zero attached hydrogens (tertiary/aromatic N) is 3. The van der Waals surface area contributed by atoms with Crippen LogP contribution in [0.3, 0.4) is 0 Å². The largest absolute Gasteiger partial charge is 0.463 e. The highest BCUT2D eigenvalue weighted by Crippen LogP contribution is 2.34. The summed E-state index contributed by atoms with van der Waals surface area (Å²) in [5.74, 6) is -0.0507. The third kappa shape index (κ3) is 5.44. The molecule has 1 saturated heterocycles. The second-order valence-corrected chi connectivity index (χ2v) is 10.1. The molecule has 1 saturated carbocycles. The first-order valence-corrected chi connectivity index (χ1v) is 13.1. The summed E-state index contributed by atoms with van der Waals surface area (Å²) in [6.07, 6.45) is 4.74. The van der Waals surface area contributed by atoms with Crippen molar-refractivity contribution in [3.05, 3.63) is 58.8 Å². The van der Waals surface area contributed by atoms with Gasteiger partial charge >= 0.3 is 12.0 Å². The zero-order chi connectivity index (χ0) is 25.8. The van der Waals surface area contributed by atoms with Gasteiger partial charge in [0.05, 0.1) is 18.2 Å². The minimum Gasteiger partial charge on any atom is -0.463 e. The number of urea groups is 1. The lowest BCUT2D eigenvalue weighted by Crippen LogP contribution is -2.57. The monoisotopic (exact) mass is 514 g/mol. The van der Waals surface area contributed by atoms with Gasteiger partial charge in [-0.2, -0.15) is 0 Å². The van der Waals surface area contributed by atoms with Crippen LogP contribution in [0.5, 0.6) is 0 Å². The molecule has 0 bridgehead atoms. The van der Waals surface area contributed by atoms with E-state index in [9.17, 15) is 14.4 Å². The van der Waals surface area contributed by atoms with Gasteiger partial charge in [0.25, 0.3) is 0 Å². The number of benzene rings is 1. The fraction of sp³-hybridized carbons (Fsp3) is 0.519. The van der Waals surface area contributed by atoms with Gasteiger partial charge < -0.3 is 15.0 Å². The van der Waals surface area contributed by atoms with Crippen LogP contribution in [-0.4, -0.2) is 78.0 Å². The van der Waals surface area contributed by atoms with Crippen LogP contribution in [0.1, 0.15) is 44.7 Å². The number of esters is 1. The molecule has 0 radical (unpaired) electrons. The number of halogens is 1. The van der Waals surface area contributed by atoms with E-state index >= 15 is 0 Å². The minimum atomic E-state index is -0.690. The Balaban J connectivity index is 1.66. The first kappa shape index (κ1) is 26.2. The zero-order valence-corrected chi connectivity index (χ0v) is 21.8. The van der Waals surface area contributed by atoms with Crippen LogP contribution in [-0.2, 0) is 14.3 Å². The average Bonchev–Trinajstić information content (AvgIpc) is 2.80. The van der Waals surface area contributed by atoms with Gasteiger partial charge in [0.15, 0.2) is 0 Å². The second kappa shape index (κ2) is 11.5. The van der Waals surface area contributed by atoms with E-state index in [0.29, 0.717) is 48.0 Å². The minimum absolute atomic E-state index is 0.0486. The summed E-state index contributed by atoms with van der Waals surface area (Å²) in [5.41, 5.74) is 1.69. The number of ether oxygens (including phenoxy) is 1. The molecular formula is C27H35ClN4O4. The van der Waals surface area contributed by atoms with Gasteiger partial charge in [-0.3, -0.25) is 14.6 Å². The van der Waals surface area contributed by atoms with E-state index in [1.807, 2.05) is 11.0 Å². The third-order valence-electron chi connectivity index (χ3n) is 7.25. The van der Waals surface area contributed by atoms with Crippen molar-refractivity contribution in [1.29, 1.82) is 0 Å². The van der Waals surface area contributed by atoms with E-state index in [4.69, 9.17) is 16.3 Å². The van der Waals surface area contributed by atoms with Crippen molar-refractivity contribution in [1.82, 2.24) is 20.0 Å². The van der Waals surface area contributed by atoms with E-state index in [1.165, 1.54) is 0 Å². The Labute approximate surface area is 217 Å². The molecule has 3 aliphatic rings. The molecule has 2 aliphatic heterocycles. The van der Waals surface area contributed by atoms with Crippen LogP contribution in [0.15, 0.2) is 48.2 Å². The normalized spacial score (nSPS) is 23.2. The molecule has 1 aromatic rings. The maximum absolute atomic E-state index is 13.3. The van der Waals surface area contributed by atoms with Crippen molar-refractivity contribution in [2.24, 2.45) is 5.92 Å². The Bertz CT molecular complexity index is 1050. The summed E-state index contributed by atoms with van der Waals surface area (Å²) in [7, 11) is 0. The summed E-state index contributed by atoms with van der Waals surface area (Å²) in [5, 5.41) is 3.47. The Morgan fingerprint density at radius 2 is 2.06 bits per heavy atom. The number of piperazine rings is 1. The van der Waals surface area contributed by atoms with E-state index in [2.05, 4.69) is 23.7 Å². The molecule has 0 spiro atoms. The van der Waals surface area contributed by atoms with Gasteiger partial charge in [-0.05, 0) is 44.4 Å². The third-order valence-corrected chi connectivity index (χ3v) is 7.48. The first-order valence-electron chi connectivity index (χ1n) is 12.7. The van der Waals surface area contributed by atoms with Crippen molar-refractivity contribution in [3.63, 3.8) is 0 Å². The van der Waals surface area contributed by atoms with Crippen LogP contribution in [0.2, 0.25) is 5.02 Å². The second-order valence-electron chi connectivity index (χ2n) is 9.66. The molecule has 1 aliphatic carbocycles. The Morgan fingerprint density at radius 3 is 2.67 bits per heavy atom. The standard InChI is InChI=1S/C27H35ClN4O4/c1-4-12-32-22(17-30-13-14-31(18(3)16-30)25(33)19-8-6-9-19)23(26(34)36-5-2)24(29-27(32)35)20-10-7-11-21(28)15-20/h4,7,10-11,15,18-19,24H,1,5-6,8-9,12-14,16-17H2,2-3H3,(H,29,35). The van der Waals surface area contributed by atoms with Crippen molar-refractivity contribution in [2.45, 2.75) is 45.2 Å². The topological polar surface area (TPSA) is 82.2 Å². The molecule has 9 heteroatoms. The van der Waals surface area contributed by atoms with E-state index in [0.717, 1.165) is 19.3 Å². The predicted molar refractivity (Wildman–Crippen MR) is 138 cm³/mol. The van der Waals surface area contributed by atoms with Crippen molar-refractivity contribution < 1.29 is 19.1 Å². The number of nitrogens with one attached hydrogen (secondary N) is 1. The highest BCUT2D eigenvalue weighted by atomic mass is 35.5. The molecule has 1 aromatic carbocycles. The lowest BCUT2D eigenvalue weighted by atomic mass is 9.84. The highest BCUT2D eigenvalue weighted by Gasteiger charge is 2.40. The van der Waals surface area contributed by atoms with Gasteiger partial charge in [0.1, 0.15) is 0 Å². The zero-order valence-electron chi connectivity index (χ0n) is 21.0. The first-order chi connectivity index (χ1) is 17.3. The smallest absolute Gasteiger partial charge is 0.338 e. The SMILES string of the molecule is C=CCN1C(=O)NC(c2cccc(Cl)c2)C(C(=O)OCC)=C1CN1CCN(C(=O)C2CCC2)C(C)C1. The van der Waals surface area contributed by atoms with Crippen molar-refractivity contribution in [3.8, 4) is 0 Å². The molecule has 2 atom stereocenters. The van der Waals surface area contributed by atoms with Gasteiger partial charge in [-0.25, -0.2) is 9.59 Å². The number of carbonyl (C=O) groups excluding carboxylic acids is 3. The number of amides is 3. The summed E-state index contributed by atoms with van der Waals surface area (Å²) < 4.78 is 5.45. The molecule has 2 unspecified atom stereocenters. The Hall–Kier alpha value is -2.84. The quantitative estimate of drug-likeness (QED) is 0.422. The number of hydrogen-bond donors (Lipinski definition) is 1. The van der Waals surface area contributed by atoms with E-state index < -0.39 is 12.0 Å². The molecule has 0 aromatic heterocycles. The van der Waals surface area contributed by atoms with Crippen LogP contribution in [0.4, 0.5) is 4.79 Å². The molecule has 3 amide bonds.